The predicted octanol–water partition coefficient (Wildman–Crippen LogP) is 3.32. The number of hydrogen-bond acceptors (Lipinski definition) is 6. The Balaban J connectivity index is 1.70. The van der Waals surface area contributed by atoms with E-state index in [1.54, 1.807) is 0 Å². The van der Waals surface area contributed by atoms with Gasteiger partial charge in [0.25, 0.3) is 0 Å². The van der Waals surface area contributed by atoms with Gasteiger partial charge in [0.1, 0.15) is 0 Å². The van der Waals surface area contributed by atoms with E-state index in [1.165, 1.54) is 42.4 Å². The molecule has 0 atom stereocenters. The average Bonchev–Trinajstić information content (AvgIpc) is 2.91. The lowest BCUT2D eigenvalue weighted by atomic mass is 9.69. The van der Waals surface area contributed by atoms with Gasteiger partial charge in [-0.1, -0.05) is 50.3 Å². The Bertz CT molecular complexity index is 495. The molecule has 0 spiro atoms. The van der Waals surface area contributed by atoms with Gasteiger partial charge < -0.3 is 11.1 Å². The van der Waals surface area contributed by atoms with Gasteiger partial charge in [0.05, 0.1) is 5.75 Å². The zero-order valence-electron chi connectivity index (χ0n) is 13.6. The summed E-state index contributed by atoms with van der Waals surface area (Å²) in [6, 6.07) is 0.330. The van der Waals surface area contributed by atoms with Gasteiger partial charge in [0.2, 0.25) is 11.0 Å². The highest BCUT2D eigenvalue weighted by atomic mass is 32.2. The molecule has 0 aromatic carbocycles. The van der Waals surface area contributed by atoms with Crippen LogP contribution in [0.2, 0.25) is 0 Å². The minimum absolute atomic E-state index is 0.0805. The van der Waals surface area contributed by atoms with Crippen molar-refractivity contribution in [3.8, 4) is 0 Å². The average molecular weight is 343 g/mol. The topological polar surface area (TPSA) is 80.9 Å². The maximum Gasteiger partial charge on any atom is 0.230 e. The van der Waals surface area contributed by atoms with Crippen LogP contribution >= 0.6 is 23.1 Å². The van der Waals surface area contributed by atoms with Crippen molar-refractivity contribution < 1.29 is 4.79 Å². The van der Waals surface area contributed by atoms with Gasteiger partial charge >= 0.3 is 0 Å². The number of carbonyl (C=O) groups is 1. The van der Waals surface area contributed by atoms with Crippen LogP contribution in [0.3, 0.4) is 0 Å². The van der Waals surface area contributed by atoms with Crippen molar-refractivity contribution in [3.05, 3.63) is 0 Å². The SMILES string of the molecule is CCC(C)(C)C1CCC(NC(=O)CSc2nnc(N)s2)CC1. The molecule has 0 unspecified atom stereocenters. The van der Waals surface area contributed by atoms with Crippen LogP contribution in [0.15, 0.2) is 4.34 Å². The predicted molar refractivity (Wildman–Crippen MR) is 93.0 cm³/mol. The maximum absolute atomic E-state index is 12.0. The van der Waals surface area contributed by atoms with Crippen LogP contribution < -0.4 is 11.1 Å². The third-order valence-electron chi connectivity index (χ3n) is 4.86. The Kier molecular flexibility index (Phi) is 6.09. The molecule has 0 radical (unpaired) electrons. The van der Waals surface area contributed by atoms with Crippen LogP contribution in [0.5, 0.6) is 0 Å². The highest BCUT2D eigenvalue weighted by Gasteiger charge is 2.32. The van der Waals surface area contributed by atoms with E-state index in [0.717, 1.165) is 23.1 Å². The van der Waals surface area contributed by atoms with E-state index < -0.39 is 0 Å². The van der Waals surface area contributed by atoms with Gasteiger partial charge in [-0.2, -0.15) is 0 Å². The van der Waals surface area contributed by atoms with Gasteiger partial charge in [-0.15, -0.1) is 10.2 Å². The third-order valence-corrected chi connectivity index (χ3v) is 6.74. The first-order chi connectivity index (χ1) is 10.4. The number of anilines is 1. The molecule has 1 amide bonds. The number of aromatic nitrogens is 2. The van der Waals surface area contributed by atoms with Gasteiger partial charge in [0.15, 0.2) is 4.34 Å². The molecule has 22 heavy (non-hydrogen) atoms. The number of nitrogens with two attached hydrogens (primary N) is 1. The fourth-order valence-electron chi connectivity index (χ4n) is 2.98. The van der Waals surface area contributed by atoms with Crippen LogP contribution in [0.4, 0.5) is 5.13 Å². The van der Waals surface area contributed by atoms with Gasteiger partial charge in [0, 0.05) is 6.04 Å². The molecule has 1 aliphatic carbocycles. The number of thioether (sulfide) groups is 1. The van der Waals surface area contributed by atoms with Gasteiger partial charge in [-0.3, -0.25) is 4.79 Å². The third kappa shape index (κ3) is 4.84. The van der Waals surface area contributed by atoms with Crippen molar-refractivity contribution in [1.29, 1.82) is 0 Å². The molecule has 2 rings (SSSR count). The summed E-state index contributed by atoms with van der Waals surface area (Å²) in [4.78, 5) is 12.0. The highest BCUT2D eigenvalue weighted by Crippen LogP contribution is 2.40. The lowest BCUT2D eigenvalue weighted by Crippen LogP contribution is -2.40. The highest BCUT2D eigenvalue weighted by molar-refractivity contribution is 8.01. The molecular weight excluding hydrogens is 316 g/mol. The Morgan fingerprint density at radius 1 is 1.36 bits per heavy atom. The number of rotatable bonds is 6. The van der Waals surface area contributed by atoms with E-state index in [0.29, 0.717) is 22.3 Å². The first kappa shape index (κ1) is 17.5. The molecule has 0 saturated heterocycles. The van der Waals surface area contributed by atoms with Crippen molar-refractivity contribution in [1.82, 2.24) is 15.5 Å². The zero-order chi connectivity index (χ0) is 16.2. The monoisotopic (exact) mass is 342 g/mol. The fraction of sp³-hybridized carbons (Fsp3) is 0.800. The minimum Gasteiger partial charge on any atom is -0.374 e. The minimum atomic E-state index is 0.0805. The molecule has 1 fully saturated rings. The van der Waals surface area contributed by atoms with Crippen molar-refractivity contribution in [2.24, 2.45) is 11.3 Å². The number of nitrogen functional groups attached to an aromatic ring is 1. The molecule has 5 nitrogen and oxygen atoms in total. The lowest BCUT2D eigenvalue weighted by Gasteiger charge is -2.39. The molecule has 1 aromatic rings. The van der Waals surface area contributed by atoms with Crippen molar-refractivity contribution >= 4 is 34.1 Å². The first-order valence-corrected chi connectivity index (χ1v) is 9.72. The van der Waals surface area contributed by atoms with Crippen LogP contribution in [-0.4, -0.2) is 27.9 Å². The number of nitrogens with one attached hydrogen (secondary N) is 1. The van der Waals surface area contributed by atoms with E-state index in [1.807, 2.05) is 0 Å². The number of hydrogen-bond donors (Lipinski definition) is 2. The second kappa shape index (κ2) is 7.64. The Morgan fingerprint density at radius 3 is 2.59 bits per heavy atom. The molecule has 7 heteroatoms. The number of amides is 1. The van der Waals surface area contributed by atoms with Gasteiger partial charge in [-0.05, 0) is 37.0 Å². The summed E-state index contributed by atoms with van der Waals surface area (Å²) < 4.78 is 0.751. The van der Waals surface area contributed by atoms with Crippen LogP contribution in [0.25, 0.3) is 0 Å². The number of carbonyl (C=O) groups excluding carboxylic acids is 1. The van der Waals surface area contributed by atoms with Gasteiger partial charge in [-0.25, -0.2) is 0 Å². The molecule has 124 valence electrons. The van der Waals surface area contributed by atoms with Crippen LogP contribution in [-0.2, 0) is 4.79 Å². The maximum atomic E-state index is 12.0. The van der Waals surface area contributed by atoms with E-state index in [4.69, 9.17) is 5.73 Å². The van der Waals surface area contributed by atoms with Crippen molar-refractivity contribution in [2.45, 2.75) is 63.3 Å². The molecule has 1 saturated carbocycles. The molecule has 0 bridgehead atoms. The molecule has 1 aromatic heterocycles. The fourth-order valence-corrected chi connectivity index (χ4v) is 4.43. The van der Waals surface area contributed by atoms with E-state index in [-0.39, 0.29) is 5.91 Å². The standard InChI is InChI=1S/C15H26N4OS2/c1-4-15(2,3)10-5-7-11(8-6-10)17-12(20)9-21-14-19-18-13(16)22-14/h10-11H,4-9H2,1-3H3,(H2,16,18)(H,17,20). The second-order valence-corrected chi connectivity index (χ2v) is 8.88. The molecular formula is C15H26N4OS2. The zero-order valence-corrected chi connectivity index (χ0v) is 15.2. The summed E-state index contributed by atoms with van der Waals surface area (Å²) in [5.74, 6) is 1.25. The quantitative estimate of drug-likeness (QED) is 0.775. The van der Waals surface area contributed by atoms with Crippen molar-refractivity contribution in [3.63, 3.8) is 0 Å². The number of nitrogens with zero attached hydrogens (tertiary/aromatic N) is 2. The summed E-state index contributed by atoms with van der Waals surface area (Å²) in [6.07, 6.45) is 5.83. The molecule has 3 N–H and O–H groups in total. The van der Waals surface area contributed by atoms with Crippen LogP contribution in [0.1, 0.15) is 52.9 Å². The molecule has 1 aliphatic rings. The summed E-state index contributed by atoms with van der Waals surface area (Å²) in [5.41, 5.74) is 5.94. The van der Waals surface area contributed by atoms with Crippen molar-refractivity contribution in [2.75, 3.05) is 11.5 Å². The summed E-state index contributed by atoms with van der Waals surface area (Å²) in [6.45, 7) is 6.99. The summed E-state index contributed by atoms with van der Waals surface area (Å²) in [7, 11) is 0. The molecule has 1 heterocycles. The van der Waals surface area contributed by atoms with E-state index >= 15 is 0 Å². The summed E-state index contributed by atoms with van der Waals surface area (Å²) >= 11 is 2.72. The van der Waals surface area contributed by atoms with E-state index in [9.17, 15) is 4.79 Å². The second-order valence-electron chi connectivity index (χ2n) is 6.65. The van der Waals surface area contributed by atoms with E-state index in [2.05, 4.69) is 36.3 Å². The Hall–Kier alpha value is -0.820. The largest absolute Gasteiger partial charge is 0.374 e. The van der Waals surface area contributed by atoms with Crippen LogP contribution in [0, 0.1) is 11.3 Å². The first-order valence-electron chi connectivity index (χ1n) is 7.92. The Morgan fingerprint density at radius 2 is 2.05 bits per heavy atom. The molecule has 0 aliphatic heterocycles. The normalized spacial score (nSPS) is 22.5. The summed E-state index contributed by atoms with van der Waals surface area (Å²) in [5, 5.41) is 11.2. The smallest absolute Gasteiger partial charge is 0.230 e. The lowest BCUT2D eigenvalue weighted by molar-refractivity contribution is -0.119. The Labute approximate surface area is 140 Å².